The topological polar surface area (TPSA) is 78.8 Å². The van der Waals surface area contributed by atoms with Crippen LogP contribution in [0.1, 0.15) is 17.3 Å². The third-order valence-corrected chi connectivity index (χ3v) is 2.62. The number of hydrazine groups is 1. The molecule has 1 atom stereocenters. The first-order valence-electron chi connectivity index (χ1n) is 5.59. The fraction of sp³-hybridized carbons (Fsp3) is 0.250. The van der Waals surface area contributed by atoms with Gasteiger partial charge in [-0.05, 0) is 5.56 Å². The van der Waals surface area contributed by atoms with Gasteiger partial charge in [0, 0.05) is 25.0 Å². The summed E-state index contributed by atoms with van der Waals surface area (Å²) >= 11 is 0. The first-order valence-corrected chi connectivity index (χ1v) is 5.59. The molecule has 0 bridgehead atoms. The Balaban J connectivity index is 1.84. The van der Waals surface area contributed by atoms with Gasteiger partial charge in [-0.2, -0.15) is 0 Å². The number of nitrogens with two attached hydrogens (primary N) is 1. The molecule has 1 heterocycles. The summed E-state index contributed by atoms with van der Waals surface area (Å²) in [6.45, 7) is 1.52. The summed E-state index contributed by atoms with van der Waals surface area (Å²) < 4.78 is 0. The summed E-state index contributed by atoms with van der Waals surface area (Å²) in [7, 11) is 0. The Kier molecular flexibility index (Phi) is 4.26. The van der Waals surface area contributed by atoms with E-state index in [1.807, 2.05) is 18.2 Å². The van der Waals surface area contributed by atoms with Crippen molar-refractivity contribution in [2.24, 2.45) is 5.84 Å². The van der Waals surface area contributed by atoms with Crippen molar-refractivity contribution in [2.75, 3.05) is 6.54 Å². The minimum atomic E-state index is 0.110. The van der Waals surface area contributed by atoms with Crippen LogP contribution in [0, 0.1) is 0 Å². The maximum Gasteiger partial charge on any atom is 0.0922 e. The highest BCUT2D eigenvalue weighted by molar-refractivity contribution is 5.19. The maximum atomic E-state index is 5.55. The monoisotopic (exact) mass is 231 g/mol. The predicted molar refractivity (Wildman–Crippen MR) is 66.8 cm³/mol. The molecule has 0 saturated heterocycles. The number of nitrogens with one attached hydrogen (secondary N) is 3. The molecule has 0 spiro atoms. The molecule has 0 unspecified atom stereocenters. The Bertz CT molecular complexity index is 412. The first kappa shape index (κ1) is 11.8. The summed E-state index contributed by atoms with van der Waals surface area (Å²) in [6.07, 6.45) is 3.48. The first-order chi connectivity index (χ1) is 8.40. The van der Waals surface area contributed by atoms with Crippen LogP contribution in [-0.4, -0.2) is 16.5 Å². The zero-order valence-corrected chi connectivity index (χ0v) is 9.56. The van der Waals surface area contributed by atoms with E-state index < -0.39 is 0 Å². The number of hydrogen-bond donors (Lipinski definition) is 4. The number of aromatic nitrogens is 2. The van der Waals surface area contributed by atoms with Crippen molar-refractivity contribution < 1.29 is 0 Å². The number of imidazole rings is 1. The van der Waals surface area contributed by atoms with Crippen LogP contribution in [0.3, 0.4) is 0 Å². The molecule has 0 amide bonds. The highest BCUT2D eigenvalue weighted by atomic mass is 15.2. The molecule has 0 aliphatic carbocycles. The third kappa shape index (κ3) is 3.39. The van der Waals surface area contributed by atoms with E-state index in [0.29, 0.717) is 0 Å². The molecular weight excluding hydrogens is 214 g/mol. The van der Waals surface area contributed by atoms with Crippen molar-refractivity contribution in [2.45, 2.75) is 12.6 Å². The van der Waals surface area contributed by atoms with Crippen molar-refractivity contribution in [3.63, 3.8) is 0 Å². The number of hydrogen-bond acceptors (Lipinski definition) is 4. The van der Waals surface area contributed by atoms with Crippen LogP contribution in [0.15, 0.2) is 42.9 Å². The average Bonchev–Trinajstić information content (AvgIpc) is 2.89. The van der Waals surface area contributed by atoms with E-state index in [-0.39, 0.29) is 6.04 Å². The van der Waals surface area contributed by atoms with Gasteiger partial charge in [0.1, 0.15) is 0 Å². The second-order valence-electron chi connectivity index (χ2n) is 3.84. The van der Waals surface area contributed by atoms with Crippen LogP contribution in [-0.2, 0) is 6.54 Å². The Hall–Kier alpha value is -1.69. The van der Waals surface area contributed by atoms with Gasteiger partial charge in [0.2, 0.25) is 0 Å². The van der Waals surface area contributed by atoms with Crippen LogP contribution in [0.4, 0.5) is 0 Å². The molecule has 5 nitrogen and oxygen atoms in total. The smallest absolute Gasteiger partial charge is 0.0922 e. The Morgan fingerprint density at radius 2 is 2.12 bits per heavy atom. The van der Waals surface area contributed by atoms with Gasteiger partial charge in [-0.1, -0.05) is 30.3 Å². The molecule has 0 fully saturated rings. The summed E-state index contributed by atoms with van der Waals surface area (Å²) in [5.41, 5.74) is 5.05. The van der Waals surface area contributed by atoms with E-state index >= 15 is 0 Å². The molecule has 0 aliphatic rings. The number of aromatic amines is 1. The van der Waals surface area contributed by atoms with Gasteiger partial charge >= 0.3 is 0 Å². The van der Waals surface area contributed by atoms with Gasteiger partial charge in [0.15, 0.2) is 0 Å². The second kappa shape index (κ2) is 6.15. The summed E-state index contributed by atoms with van der Waals surface area (Å²) in [5.74, 6) is 5.55. The largest absolute Gasteiger partial charge is 0.347 e. The zero-order chi connectivity index (χ0) is 11.9. The molecule has 1 aromatic heterocycles. The Labute approximate surface area is 100 Å². The molecule has 5 N–H and O–H groups in total. The number of rotatable bonds is 6. The fourth-order valence-electron chi connectivity index (χ4n) is 1.69. The Morgan fingerprint density at radius 1 is 1.29 bits per heavy atom. The molecule has 0 aliphatic heterocycles. The van der Waals surface area contributed by atoms with E-state index in [4.69, 9.17) is 5.84 Å². The van der Waals surface area contributed by atoms with Crippen LogP contribution in [0.25, 0.3) is 0 Å². The second-order valence-corrected chi connectivity index (χ2v) is 3.84. The highest BCUT2D eigenvalue weighted by Crippen LogP contribution is 2.10. The van der Waals surface area contributed by atoms with E-state index in [2.05, 4.69) is 32.8 Å². The van der Waals surface area contributed by atoms with Gasteiger partial charge in [0.25, 0.3) is 0 Å². The molecule has 17 heavy (non-hydrogen) atoms. The summed E-state index contributed by atoms with van der Waals surface area (Å²) in [6, 6.07) is 10.2. The lowest BCUT2D eigenvalue weighted by molar-refractivity contribution is 0.500. The molecule has 2 aromatic rings. The van der Waals surface area contributed by atoms with E-state index in [0.717, 1.165) is 18.8 Å². The standard InChI is InChI=1S/C12H17N5/c13-17-12(10-4-2-1-3-5-10)8-14-6-11-7-15-9-16-11/h1-5,7,9,12,14,17H,6,8,13H2,(H,15,16)/t12-/m1/s1. The summed E-state index contributed by atoms with van der Waals surface area (Å²) in [5, 5.41) is 3.32. The van der Waals surface area contributed by atoms with Gasteiger partial charge in [0.05, 0.1) is 12.4 Å². The van der Waals surface area contributed by atoms with Crippen LogP contribution >= 0.6 is 0 Å². The van der Waals surface area contributed by atoms with Crippen LogP contribution in [0.2, 0.25) is 0 Å². The summed E-state index contributed by atoms with van der Waals surface area (Å²) in [4.78, 5) is 7.01. The van der Waals surface area contributed by atoms with Crippen LogP contribution < -0.4 is 16.6 Å². The van der Waals surface area contributed by atoms with E-state index in [1.54, 1.807) is 12.5 Å². The minimum Gasteiger partial charge on any atom is -0.347 e. The fourth-order valence-corrected chi connectivity index (χ4v) is 1.69. The maximum absolute atomic E-state index is 5.55. The molecule has 0 radical (unpaired) electrons. The lowest BCUT2D eigenvalue weighted by atomic mass is 10.1. The number of benzene rings is 1. The average molecular weight is 231 g/mol. The Morgan fingerprint density at radius 3 is 2.76 bits per heavy atom. The lowest BCUT2D eigenvalue weighted by Crippen LogP contribution is -2.35. The zero-order valence-electron chi connectivity index (χ0n) is 9.56. The van der Waals surface area contributed by atoms with Gasteiger partial charge in [-0.3, -0.25) is 11.3 Å². The van der Waals surface area contributed by atoms with Crippen molar-refractivity contribution in [3.8, 4) is 0 Å². The van der Waals surface area contributed by atoms with Crippen molar-refractivity contribution in [1.29, 1.82) is 0 Å². The third-order valence-electron chi connectivity index (χ3n) is 2.62. The van der Waals surface area contributed by atoms with Crippen molar-refractivity contribution in [1.82, 2.24) is 20.7 Å². The van der Waals surface area contributed by atoms with Crippen molar-refractivity contribution >= 4 is 0 Å². The van der Waals surface area contributed by atoms with Gasteiger partial charge < -0.3 is 10.3 Å². The van der Waals surface area contributed by atoms with E-state index in [9.17, 15) is 0 Å². The lowest BCUT2D eigenvalue weighted by Gasteiger charge is -2.16. The van der Waals surface area contributed by atoms with Crippen molar-refractivity contribution in [3.05, 3.63) is 54.1 Å². The molecular formula is C12H17N5. The minimum absolute atomic E-state index is 0.110. The highest BCUT2D eigenvalue weighted by Gasteiger charge is 2.07. The number of H-pyrrole nitrogens is 1. The van der Waals surface area contributed by atoms with Crippen LogP contribution in [0.5, 0.6) is 0 Å². The molecule has 0 saturated carbocycles. The van der Waals surface area contributed by atoms with Gasteiger partial charge in [-0.25, -0.2) is 4.98 Å². The van der Waals surface area contributed by atoms with E-state index in [1.165, 1.54) is 5.56 Å². The molecule has 1 aromatic carbocycles. The quantitative estimate of drug-likeness (QED) is 0.436. The molecule has 90 valence electrons. The molecule has 2 rings (SSSR count). The van der Waals surface area contributed by atoms with Gasteiger partial charge in [-0.15, -0.1) is 0 Å². The molecule has 5 heteroatoms. The SMILES string of the molecule is NN[C@H](CNCc1cnc[nH]1)c1ccccc1. The number of nitrogens with zero attached hydrogens (tertiary/aromatic N) is 1. The predicted octanol–water partition coefficient (Wildman–Crippen LogP) is 0.704. The normalized spacial score (nSPS) is 12.5.